The Kier molecular flexibility index (Phi) is 6.96. The highest BCUT2D eigenvalue weighted by Gasteiger charge is 2.29. The summed E-state index contributed by atoms with van der Waals surface area (Å²) in [5, 5.41) is 6.36. The Bertz CT molecular complexity index is 339. The highest BCUT2D eigenvalue weighted by molar-refractivity contribution is 7.92. The van der Waals surface area contributed by atoms with E-state index in [4.69, 9.17) is 17.0 Å². The van der Waals surface area contributed by atoms with Crippen molar-refractivity contribution >= 4 is 27.2 Å². The van der Waals surface area contributed by atoms with Gasteiger partial charge in [-0.2, -0.15) is 0 Å². The van der Waals surface area contributed by atoms with Crippen molar-refractivity contribution in [3.8, 4) is 0 Å². The van der Waals surface area contributed by atoms with Gasteiger partial charge in [-0.05, 0) is 32.5 Å². The van der Waals surface area contributed by atoms with Crippen LogP contribution in [0, 0.1) is 0 Å². The molecule has 0 rings (SSSR count). The SMILES string of the molecule is COCCCNC(=S)NCC(C)(C)S(C)(=O)=O. The lowest BCUT2D eigenvalue weighted by Gasteiger charge is -2.23. The fraction of sp³-hybridized carbons (Fsp3) is 0.900. The molecule has 7 heteroatoms. The summed E-state index contributed by atoms with van der Waals surface area (Å²) in [6, 6.07) is 0. The van der Waals surface area contributed by atoms with Crippen LogP contribution >= 0.6 is 12.2 Å². The minimum Gasteiger partial charge on any atom is -0.385 e. The number of hydrogen-bond acceptors (Lipinski definition) is 4. The molecule has 0 aromatic carbocycles. The Morgan fingerprint density at radius 2 is 1.94 bits per heavy atom. The van der Waals surface area contributed by atoms with E-state index < -0.39 is 14.6 Å². The topological polar surface area (TPSA) is 67.4 Å². The van der Waals surface area contributed by atoms with E-state index in [-0.39, 0.29) is 0 Å². The number of ether oxygens (including phenoxy) is 1. The van der Waals surface area contributed by atoms with Gasteiger partial charge in [-0.25, -0.2) is 8.42 Å². The molecule has 0 aromatic rings. The van der Waals surface area contributed by atoms with Crippen LogP contribution in [-0.2, 0) is 14.6 Å². The van der Waals surface area contributed by atoms with Gasteiger partial charge in [0.15, 0.2) is 14.9 Å². The second-order valence-corrected chi connectivity index (χ2v) is 7.55. The summed E-state index contributed by atoms with van der Waals surface area (Å²) < 4.78 is 27.0. The number of thiocarbonyl (C=S) groups is 1. The molecule has 0 aromatic heterocycles. The van der Waals surface area contributed by atoms with Gasteiger partial charge < -0.3 is 15.4 Å². The van der Waals surface area contributed by atoms with Gasteiger partial charge in [-0.1, -0.05) is 0 Å². The Hall–Kier alpha value is -0.400. The lowest BCUT2D eigenvalue weighted by Crippen LogP contribution is -2.47. The fourth-order valence-corrected chi connectivity index (χ4v) is 1.41. The van der Waals surface area contributed by atoms with Crippen molar-refractivity contribution in [3.63, 3.8) is 0 Å². The van der Waals surface area contributed by atoms with Gasteiger partial charge in [0.1, 0.15) is 0 Å². The molecule has 0 bridgehead atoms. The predicted octanol–water partition coefficient (Wildman–Crippen LogP) is 0.310. The first-order valence-corrected chi connectivity index (χ1v) is 7.71. The van der Waals surface area contributed by atoms with Crippen molar-refractivity contribution in [2.75, 3.05) is 33.1 Å². The number of sulfone groups is 1. The van der Waals surface area contributed by atoms with Crippen molar-refractivity contribution in [3.05, 3.63) is 0 Å². The number of rotatable bonds is 7. The maximum absolute atomic E-state index is 11.4. The van der Waals surface area contributed by atoms with Crippen LogP contribution in [-0.4, -0.2) is 51.3 Å². The molecule has 0 saturated carbocycles. The third-order valence-electron chi connectivity index (χ3n) is 2.49. The highest BCUT2D eigenvalue weighted by atomic mass is 32.2. The van der Waals surface area contributed by atoms with Gasteiger partial charge in [0.2, 0.25) is 0 Å². The molecule has 0 heterocycles. The monoisotopic (exact) mass is 282 g/mol. The van der Waals surface area contributed by atoms with E-state index in [0.29, 0.717) is 24.8 Å². The Morgan fingerprint density at radius 1 is 1.35 bits per heavy atom. The molecule has 0 aliphatic carbocycles. The van der Waals surface area contributed by atoms with Crippen LogP contribution in [0.15, 0.2) is 0 Å². The van der Waals surface area contributed by atoms with Gasteiger partial charge in [0, 0.05) is 33.1 Å². The molecule has 2 N–H and O–H groups in total. The molecule has 5 nitrogen and oxygen atoms in total. The van der Waals surface area contributed by atoms with E-state index in [9.17, 15) is 8.42 Å². The highest BCUT2D eigenvalue weighted by Crippen LogP contribution is 2.13. The standard InChI is InChI=1S/C10H22N2O3S2/c1-10(2,17(4,13)14)8-12-9(16)11-6-5-7-15-3/h5-8H2,1-4H3,(H2,11,12,16). The van der Waals surface area contributed by atoms with Crippen LogP contribution in [0.3, 0.4) is 0 Å². The third kappa shape index (κ3) is 6.80. The average molecular weight is 282 g/mol. The molecular weight excluding hydrogens is 260 g/mol. The minimum atomic E-state index is -3.10. The summed E-state index contributed by atoms with van der Waals surface area (Å²) in [5.41, 5.74) is 0. The van der Waals surface area contributed by atoms with E-state index in [1.54, 1.807) is 21.0 Å². The summed E-state index contributed by atoms with van der Waals surface area (Å²) in [6.45, 7) is 5.01. The van der Waals surface area contributed by atoms with E-state index in [1.165, 1.54) is 6.26 Å². The van der Waals surface area contributed by atoms with Crippen molar-refractivity contribution in [1.82, 2.24) is 10.6 Å². The van der Waals surface area contributed by atoms with Gasteiger partial charge in [-0.15, -0.1) is 0 Å². The molecule has 0 spiro atoms. The van der Waals surface area contributed by atoms with Gasteiger partial charge in [0.25, 0.3) is 0 Å². The van der Waals surface area contributed by atoms with Crippen LogP contribution in [0.4, 0.5) is 0 Å². The minimum absolute atomic E-state index is 0.294. The number of hydrogen-bond donors (Lipinski definition) is 2. The van der Waals surface area contributed by atoms with Gasteiger partial charge >= 0.3 is 0 Å². The summed E-state index contributed by atoms with van der Waals surface area (Å²) in [5.74, 6) is 0. The summed E-state index contributed by atoms with van der Waals surface area (Å²) in [6.07, 6.45) is 2.08. The molecule has 0 radical (unpaired) electrons. The van der Waals surface area contributed by atoms with Crippen molar-refractivity contribution in [2.45, 2.75) is 25.0 Å². The molecule has 0 amide bonds. The zero-order valence-corrected chi connectivity index (χ0v) is 12.5. The zero-order valence-electron chi connectivity index (χ0n) is 10.9. The van der Waals surface area contributed by atoms with Crippen LogP contribution in [0.25, 0.3) is 0 Å². The van der Waals surface area contributed by atoms with Gasteiger partial charge in [0.05, 0.1) is 4.75 Å². The molecule has 0 unspecified atom stereocenters. The largest absolute Gasteiger partial charge is 0.385 e. The van der Waals surface area contributed by atoms with Gasteiger partial charge in [-0.3, -0.25) is 0 Å². The maximum Gasteiger partial charge on any atom is 0.166 e. The first kappa shape index (κ1) is 16.6. The maximum atomic E-state index is 11.4. The van der Waals surface area contributed by atoms with E-state index in [2.05, 4.69) is 10.6 Å². The van der Waals surface area contributed by atoms with Crippen molar-refractivity contribution in [1.29, 1.82) is 0 Å². The summed E-state index contributed by atoms with van der Waals surface area (Å²) in [4.78, 5) is 0. The number of methoxy groups -OCH3 is 1. The third-order valence-corrected chi connectivity index (χ3v) is 4.93. The van der Waals surface area contributed by atoms with E-state index in [0.717, 1.165) is 6.42 Å². The predicted molar refractivity (Wildman–Crippen MR) is 74.0 cm³/mol. The van der Waals surface area contributed by atoms with Crippen LogP contribution in [0.1, 0.15) is 20.3 Å². The first-order valence-electron chi connectivity index (χ1n) is 5.41. The zero-order chi connectivity index (χ0) is 13.5. The molecule has 17 heavy (non-hydrogen) atoms. The quantitative estimate of drug-likeness (QED) is 0.517. The lowest BCUT2D eigenvalue weighted by atomic mass is 10.2. The molecule has 0 aliphatic rings. The van der Waals surface area contributed by atoms with Crippen LogP contribution in [0.5, 0.6) is 0 Å². The Labute approximate surface area is 109 Å². The van der Waals surface area contributed by atoms with Crippen molar-refractivity contribution in [2.24, 2.45) is 0 Å². The van der Waals surface area contributed by atoms with E-state index >= 15 is 0 Å². The van der Waals surface area contributed by atoms with E-state index in [1.807, 2.05) is 0 Å². The van der Waals surface area contributed by atoms with Crippen LogP contribution in [0.2, 0.25) is 0 Å². The Morgan fingerprint density at radius 3 is 2.41 bits per heavy atom. The summed E-state index contributed by atoms with van der Waals surface area (Å²) >= 11 is 5.04. The first-order chi connectivity index (χ1) is 7.70. The molecule has 0 atom stereocenters. The Balaban J connectivity index is 3.92. The van der Waals surface area contributed by atoms with Crippen molar-refractivity contribution < 1.29 is 13.2 Å². The molecule has 0 aliphatic heterocycles. The molecule has 0 fully saturated rings. The summed E-state index contributed by atoms with van der Waals surface area (Å²) in [7, 11) is -1.45. The lowest BCUT2D eigenvalue weighted by molar-refractivity contribution is 0.195. The average Bonchev–Trinajstić information content (AvgIpc) is 2.20. The van der Waals surface area contributed by atoms with Crippen LogP contribution < -0.4 is 10.6 Å². The second kappa shape index (κ2) is 7.13. The second-order valence-electron chi connectivity index (χ2n) is 4.49. The number of nitrogens with one attached hydrogen (secondary N) is 2. The smallest absolute Gasteiger partial charge is 0.166 e. The normalized spacial score (nSPS) is 12.2. The fourth-order valence-electron chi connectivity index (χ4n) is 0.905. The molecule has 0 saturated heterocycles. The molecular formula is C10H22N2O3S2. The molecule has 102 valence electrons.